The van der Waals surface area contributed by atoms with E-state index in [0.29, 0.717) is 39.5 Å². The van der Waals surface area contributed by atoms with Crippen molar-refractivity contribution >= 4 is 0 Å². The summed E-state index contributed by atoms with van der Waals surface area (Å²) in [5.41, 5.74) is 2.70. The van der Waals surface area contributed by atoms with Gasteiger partial charge in [-0.05, 0) is 36.8 Å². The van der Waals surface area contributed by atoms with E-state index in [4.69, 9.17) is 23.7 Å². The Hall–Kier alpha value is -3.14. The van der Waals surface area contributed by atoms with Gasteiger partial charge in [-0.25, -0.2) is 0 Å². The van der Waals surface area contributed by atoms with Crippen molar-refractivity contribution in [3.8, 4) is 17.2 Å². The smallest absolute Gasteiger partial charge is 0.124 e. The molecule has 0 aliphatic carbocycles. The van der Waals surface area contributed by atoms with Crippen molar-refractivity contribution in [1.82, 2.24) is 4.90 Å². The number of hydrogen-bond acceptors (Lipinski definition) is 8. The Morgan fingerprint density at radius 3 is 1.77 bits per heavy atom. The molecule has 1 fully saturated rings. The molecule has 8 nitrogen and oxygen atoms in total. The van der Waals surface area contributed by atoms with Crippen LogP contribution in [0.3, 0.4) is 0 Å². The zero-order chi connectivity index (χ0) is 27.6. The fraction of sp³-hybridized carbons (Fsp3) is 0.419. The minimum absolute atomic E-state index is 0.171. The molecule has 0 bridgehead atoms. The second-order valence-electron chi connectivity index (χ2n) is 9.76. The molecule has 1 saturated heterocycles. The average molecular weight is 538 g/mol. The fourth-order valence-electron chi connectivity index (χ4n) is 4.87. The summed E-state index contributed by atoms with van der Waals surface area (Å²) >= 11 is 0. The fourth-order valence-corrected chi connectivity index (χ4v) is 4.87. The third kappa shape index (κ3) is 7.94. The van der Waals surface area contributed by atoms with Crippen LogP contribution in [0.4, 0.5) is 0 Å². The Kier molecular flexibility index (Phi) is 10.6. The highest BCUT2D eigenvalue weighted by atomic mass is 16.6. The summed E-state index contributed by atoms with van der Waals surface area (Å²) in [6, 6.07) is 22.1. The van der Waals surface area contributed by atoms with Crippen LogP contribution >= 0.6 is 0 Å². The van der Waals surface area contributed by atoms with Gasteiger partial charge in [-0.15, -0.1) is 0 Å². The van der Waals surface area contributed by atoms with Crippen molar-refractivity contribution in [1.29, 1.82) is 0 Å². The number of rotatable bonds is 13. The van der Waals surface area contributed by atoms with Gasteiger partial charge >= 0.3 is 0 Å². The Labute approximate surface area is 230 Å². The van der Waals surface area contributed by atoms with Crippen LogP contribution in [0, 0.1) is 0 Å². The van der Waals surface area contributed by atoms with Gasteiger partial charge in [0.2, 0.25) is 0 Å². The number of para-hydroxylation sites is 2. The van der Waals surface area contributed by atoms with Crippen LogP contribution in [0.15, 0.2) is 72.8 Å². The van der Waals surface area contributed by atoms with E-state index in [1.807, 2.05) is 55.5 Å². The van der Waals surface area contributed by atoms with Crippen LogP contribution in [0.5, 0.6) is 17.2 Å². The highest BCUT2D eigenvalue weighted by Gasteiger charge is 2.33. The molecule has 4 atom stereocenters. The second-order valence-corrected chi connectivity index (χ2v) is 9.76. The first-order valence-electron chi connectivity index (χ1n) is 13.2. The number of benzene rings is 3. The Morgan fingerprint density at radius 1 is 0.795 bits per heavy atom. The van der Waals surface area contributed by atoms with Crippen molar-refractivity contribution < 1.29 is 33.9 Å². The van der Waals surface area contributed by atoms with Gasteiger partial charge < -0.3 is 33.9 Å². The van der Waals surface area contributed by atoms with E-state index in [1.165, 1.54) is 0 Å². The van der Waals surface area contributed by atoms with Gasteiger partial charge in [-0.1, -0.05) is 48.5 Å². The number of ether oxygens (including phenoxy) is 5. The van der Waals surface area contributed by atoms with E-state index >= 15 is 0 Å². The Balaban J connectivity index is 1.40. The number of aliphatic hydroxyl groups excluding tert-OH is 1. The largest absolute Gasteiger partial charge is 0.508 e. The Morgan fingerprint density at radius 2 is 1.28 bits per heavy atom. The van der Waals surface area contributed by atoms with E-state index in [9.17, 15) is 10.2 Å². The molecular formula is C31H39NO7. The molecule has 1 aliphatic rings. The predicted molar refractivity (Wildman–Crippen MR) is 148 cm³/mol. The first-order valence-corrected chi connectivity index (χ1v) is 13.2. The van der Waals surface area contributed by atoms with E-state index in [1.54, 1.807) is 38.5 Å². The molecule has 0 radical (unpaired) electrons. The van der Waals surface area contributed by atoms with Crippen molar-refractivity contribution in [3.05, 3.63) is 89.5 Å². The first kappa shape index (κ1) is 28.9. The van der Waals surface area contributed by atoms with Gasteiger partial charge in [0, 0.05) is 30.3 Å². The summed E-state index contributed by atoms with van der Waals surface area (Å²) < 4.78 is 29.4. The van der Waals surface area contributed by atoms with Gasteiger partial charge in [0.1, 0.15) is 17.2 Å². The van der Waals surface area contributed by atoms with E-state index in [2.05, 4.69) is 4.90 Å². The number of phenolic OH excluding ortho intramolecular Hbond substituents is 1. The van der Waals surface area contributed by atoms with Gasteiger partial charge in [0.15, 0.2) is 0 Å². The van der Waals surface area contributed by atoms with Crippen LogP contribution in [0.1, 0.15) is 29.7 Å². The highest BCUT2D eigenvalue weighted by Crippen LogP contribution is 2.27. The zero-order valence-corrected chi connectivity index (χ0v) is 22.9. The summed E-state index contributed by atoms with van der Waals surface area (Å²) in [5.74, 6) is 1.75. The van der Waals surface area contributed by atoms with Gasteiger partial charge in [0.25, 0.3) is 0 Å². The second kappa shape index (κ2) is 14.3. The molecule has 4 rings (SSSR count). The highest BCUT2D eigenvalue weighted by molar-refractivity contribution is 5.33. The first-order chi connectivity index (χ1) is 19.0. The van der Waals surface area contributed by atoms with E-state index in [-0.39, 0.29) is 24.0 Å². The Bertz CT molecular complexity index is 1090. The summed E-state index contributed by atoms with van der Waals surface area (Å²) in [7, 11) is 3.30. The summed E-state index contributed by atoms with van der Waals surface area (Å²) in [6.45, 7) is 4.80. The molecule has 210 valence electrons. The molecule has 2 N–H and O–H groups in total. The van der Waals surface area contributed by atoms with Crippen LogP contribution in [-0.4, -0.2) is 73.9 Å². The lowest BCUT2D eigenvalue weighted by Gasteiger charge is -2.42. The molecule has 3 aromatic carbocycles. The predicted octanol–water partition coefficient (Wildman–Crippen LogP) is 4.33. The molecule has 1 aliphatic heterocycles. The number of aromatic hydroxyl groups is 1. The van der Waals surface area contributed by atoms with E-state index < -0.39 is 6.10 Å². The monoisotopic (exact) mass is 537 g/mol. The van der Waals surface area contributed by atoms with Crippen molar-refractivity contribution in [2.24, 2.45) is 0 Å². The van der Waals surface area contributed by atoms with E-state index in [0.717, 1.165) is 28.2 Å². The molecule has 8 heteroatoms. The SMILES string of the molecule is COc1ccccc1COC[C@@H]1CN([C@@H](C)[C@H](O)c2ccc(O)cc2)C[C@H](COCc2ccccc2OC)O1. The topological polar surface area (TPSA) is 89.9 Å². The lowest BCUT2D eigenvalue weighted by atomic mass is 10.0. The number of morpholine rings is 1. The third-order valence-corrected chi connectivity index (χ3v) is 7.04. The maximum Gasteiger partial charge on any atom is 0.124 e. The summed E-state index contributed by atoms with van der Waals surface area (Å²) in [4.78, 5) is 2.22. The number of phenols is 1. The average Bonchev–Trinajstić information content (AvgIpc) is 2.97. The van der Waals surface area contributed by atoms with Crippen LogP contribution in [0.25, 0.3) is 0 Å². The molecule has 0 amide bonds. The minimum Gasteiger partial charge on any atom is -0.508 e. The third-order valence-electron chi connectivity index (χ3n) is 7.04. The van der Waals surface area contributed by atoms with Crippen molar-refractivity contribution in [2.45, 2.75) is 44.5 Å². The molecule has 39 heavy (non-hydrogen) atoms. The van der Waals surface area contributed by atoms with Gasteiger partial charge in [-0.3, -0.25) is 4.90 Å². The zero-order valence-electron chi connectivity index (χ0n) is 22.9. The molecule has 3 aromatic rings. The van der Waals surface area contributed by atoms with Crippen LogP contribution < -0.4 is 9.47 Å². The molecule has 0 spiro atoms. The quantitative estimate of drug-likeness (QED) is 0.333. The maximum atomic E-state index is 11.1. The number of aliphatic hydroxyl groups is 1. The number of methoxy groups -OCH3 is 2. The van der Waals surface area contributed by atoms with Crippen LogP contribution in [0.2, 0.25) is 0 Å². The molecular weight excluding hydrogens is 498 g/mol. The van der Waals surface area contributed by atoms with Crippen molar-refractivity contribution in [2.75, 3.05) is 40.5 Å². The van der Waals surface area contributed by atoms with Gasteiger partial charge in [0.05, 0.1) is 59.0 Å². The van der Waals surface area contributed by atoms with Crippen LogP contribution in [-0.2, 0) is 27.4 Å². The summed E-state index contributed by atoms with van der Waals surface area (Å²) in [6.07, 6.45) is -1.14. The molecule has 0 saturated carbocycles. The number of hydrogen-bond donors (Lipinski definition) is 2. The maximum absolute atomic E-state index is 11.1. The normalized spacial score (nSPS) is 19.4. The lowest BCUT2D eigenvalue weighted by molar-refractivity contribution is -0.150. The molecule has 1 heterocycles. The molecule has 0 unspecified atom stereocenters. The van der Waals surface area contributed by atoms with Crippen molar-refractivity contribution in [3.63, 3.8) is 0 Å². The number of nitrogens with zero attached hydrogens (tertiary/aromatic N) is 1. The summed E-state index contributed by atoms with van der Waals surface area (Å²) in [5, 5.41) is 20.8. The minimum atomic E-state index is -0.728. The standard InChI is InChI=1S/C31H39NO7/c1-22(31(34)23-12-14-26(33)15-13-23)32-16-27(20-37-18-24-8-4-6-10-29(24)35-2)39-28(17-32)21-38-19-25-9-5-7-11-30(25)36-3/h4-15,22,27-28,31,33-34H,16-21H2,1-3H3/t22-,27-,28+,31-/m0/s1. The molecule has 0 aromatic heterocycles. The van der Waals surface area contributed by atoms with Gasteiger partial charge in [-0.2, -0.15) is 0 Å². The lowest BCUT2D eigenvalue weighted by Crippen LogP contribution is -2.54.